The number of carbonyl (C=O) groups excluding carboxylic acids is 1. The number of carbonyl (C=O) groups is 1. The second-order valence-corrected chi connectivity index (χ2v) is 3.97. The Labute approximate surface area is 90.2 Å². The molecule has 1 rings (SSSR count). The molecule has 1 fully saturated rings. The van der Waals surface area contributed by atoms with Gasteiger partial charge < -0.3 is 20.5 Å². The Kier molecular flexibility index (Phi) is 4.50. The standard InChI is InChI=1S/C10H20N2O3/c1-8-10(14,4-6-15-8)7-12-5-3-9(13)11-2/h8,12,14H,3-7H2,1-2H3,(H,11,13). The predicted molar refractivity (Wildman–Crippen MR) is 56.5 cm³/mol. The normalized spacial score (nSPS) is 30.5. The van der Waals surface area contributed by atoms with Crippen LogP contribution in [0.2, 0.25) is 0 Å². The molecule has 0 spiro atoms. The maximum absolute atomic E-state index is 10.9. The van der Waals surface area contributed by atoms with Crippen molar-refractivity contribution in [2.75, 3.05) is 26.7 Å². The molecule has 0 aromatic heterocycles. The van der Waals surface area contributed by atoms with Gasteiger partial charge in [-0.05, 0) is 6.92 Å². The van der Waals surface area contributed by atoms with Crippen molar-refractivity contribution in [3.05, 3.63) is 0 Å². The largest absolute Gasteiger partial charge is 0.386 e. The van der Waals surface area contributed by atoms with E-state index in [1.807, 2.05) is 6.92 Å². The summed E-state index contributed by atoms with van der Waals surface area (Å²) < 4.78 is 5.30. The lowest BCUT2D eigenvalue weighted by Gasteiger charge is -2.26. The predicted octanol–water partition coefficient (Wildman–Crippen LogP) is -0.748. The van der Waals surface area contributed by atoms with Crippen molar-refractivity contribution in [2.24, 2.45) is 0 Å². The number of aliphatic hydroxyl groups is 1. The molecule has 0 aromatic carbocycles. The van der Waals surface area contributed by atoms with Gasteiger partial charge >= 0.3 is 0 Å². The number of ether oxygens (including phenoxy) is 1. The zero-order valence-corrected chi connectivity index (χ0v) is 9.38. The van der Waals surface area contributed by atoms with E-state index in [-0.39, 0.29) is 12.0 Å². The van der Waals surface area contributed by atoms with E-state index in [0.717, 1.165) is 0 Å². The Bertz CT molecular complexity index is 223. The summed E-state index contributed by atoms with van der Waals surface area (Å²) in [6.07, 6.45) is 0.952. The Morgan fingerprint density at radius 1 is 1.67 bits per heavy atom. The van der Waals surface area contributed by atoms with Crippen LogP contribution < -0.4 is 10.6 Å². The van der Waals surface area contributed by atoms with Gasteiger partial charge in [0.1, 0.15) is 5.60 Å². The van der Waals surface area contributed by atoms with Crippen LogP contribution in [0.3, 0.4) is 0 Å². The van der Waals surface area contributed by atoms with Crippen LogP contribution in [0.25, 0.3) is 0 Å². The molecule has 1 amide bonds. The molecule has 1 saturated heterocycles. The Balaban J connectivity index is 2.17. The average molecular weight is 216 g/mol. The van der Waals surface area contributed by atoms with Gasteiger partial charge in [-0.1, -0.05) is 0 Å². The molecule has 0 bridgehead atoms. The third-order valence-corrected chi connectivity index (χ3v) is 2.90. The molecule has 15 heavy (non-hydrogen) atoms. The molecule has 0 radical (unpaired) electrons. The minimum Gasteiger partial charge on any atom is -0.386 e. The first-order valence-electron chi connectivity index (χ1n) is 5.34. The lowest BCUT2D eigenvalue weighted by molar-refractivity contribution is -0.120. The first-order chi connectivity index (χ1) is 7.08. The number of amides is 1. The molecule has 88 valence electrons. The molecule has 1 aliphatic heterocycles. The van der Waals surface area contributed by atoms with Crippen molar-refractivity contribution in [3.63, 3.8) is 0 Å². The van der Waals surface area contributed by atoms with Crippen molar-refractivity contribution >= 4 is 5.91 Å². The molecule has 2 atom stereocenters. The molecule has 5 nitrogen and oxygen atoms in total. The van der Waals surface area contributed by atoms with E-state index >= 15 is 0 Å². The van der Waals surface area contributed by atoms with Gasteiger partial charge in [-0.25, -0.2) is 0 Å². The van der Waals surface area contributed by atoms with E-state index in [1.54, 1.807) is 7.05 Å². The second kappa shape index (κ2) is 5.44. The summed E-state index contributed by atoms with van der Waals surface area (Å²) >= 11 is 0. The Morgan fingerprint density at radius 3 is 2.93 bits per heavy atom. The van der Waals surface area contributed by atoms with E-state index in [1.165, 1.54) is 0 Å². The molecule has 1 aliphatic rings. The lowest BCUT2D eigenvalue weighted by atomic mass is 9.97. The molecule has 5 heteroatoms. The van der Waals surface area contributed by atoms with Gasteiger partial charge in [0.2, 0.25) is 5.91 Å². The fourth-order valence-electron chi connectivity index (χ4n) is 1.63. The Hall–Kier alpha value is -0.650. The number of rotatable bonds is 5. The van der Waals surface area contributed by atoms with Crippen LogP contribution in [-0.4, -0.2) is 49.5 Å². The van der Waals surface area contributed by atoms with Gasteiger partial charge in [0.25, 0.3) is 0 Å². The molecule has 3 N–H and O–H groups in total. The molecular weight excluding hydrogens is 196 g/mol. The first kappa shape index (κ1) is 12.4. The molecule has 0 aromatic rings. The first-order valence-corrected chi connectivity index (χ1v) is 5.34. The molecule has 1 heterocycles. The van der Waals surface area contributed by atoms with Crippen molar-refractivity contribution in [1.29, 1.82) is 0 Å². The van der Waals surface area contributed by atoms with E-state index in [4.69, 9.17) is 4.74 Å². The van der Waals surface area contributed by atoms with Crippen LogP contribution in [0.1, 0.15) is 19.8 Å². The van der Waals surface area contributed by atoms with Gasteiger partial charge in [-0.2, -0.15) is 0 Å². The minimum absolute atomic E-state index is 0.00482. The third-order valence-electron chi connectivity index (χ3n) is 2.90. The van der Waals surface area contributed by atoms with Crippen molar-refractivity contribution < 1.29 is 14.6 Å². The van der Waals surface area contributed by atoms with Crippen molar-refractivity contribution in [3.8, 4) is 0 Å². The van der Waals surface area contributed by atoms with Crippen LogP contribution in [0.15, 0.2) is 0 Å². The fraction of sp³-hybridized carbons (Fsp3) is 0.900. The molecular formula is C10H20N2O3. The second-order valence-electron chi connectivity index (χ2n) is 3.97. The zero-order chi connectivity index (χ0) is 11.3. The maximum atomic E-state index is 10.9. The highest BCUT2D eigenvalue weighted by Crippen LogP contribution is 2.24. The summed E-state index contributed by atoms with van der Waals surface area (Å²) in [4.78, 5) is 10.9. The van der Waals surface area contributed by atoms with Crippen LogP contribution in [-0.2, 0) is 9.53 Å². The summed E-state index contributed by atoms with van der Waals surface area (Å²) in [6, 6.07) is 0. The van der Waals surface area contributed by atoms with E-state index < -0.39 is 5.60 Å². The summed E-state index contributed by atoms with van der Waals surface area (Å²) in [5.74, 6) is 0.00482. The molecule has 0 aliphatic carbocycles. The summed E-state index contributed by atoms with van der Waals surface area (Å²) in [5, 5.41) is 15.7. The highest BCUT2D eigenvalue weighted by Gasteiger charge is 2.38. The van der Waals surface area contributed by atoms with E-state index in [2.05, 4.69) is 10.6 Å². The van der Waals surface area contributed by atoms with E-state index in [0.29, 0.717) is 32.5 Å². The SMILES string of the molecule is CNC(=O)CCNCC1(O)CCOC1C. The zero-order valence-electron chi connectivity index (χ0n) is 9.38. The minimum atomic E-state index is -0.775. The van der Waals surface area contributed by atoms with E-state index in [9.17, 15) is 9.90 Å². The number of nitrogens with one attached hydrogen (secondary N) is 2. The average Bonchev–Trinajstić information content (AvgIpc) is 2.54. The van der Waals surface area contributed by atoms with Gasteiger partial charge in [0.15, 0.2) is 0 Å². The summed E-state index contributed by atoms with van der Waals surface area (Å²) in [5.41, 5.74) is -0.775. The quantitative estimate of drug-likeness (QED) is 0.529. The highest BCUT2D eigenvalue weighted by molar-refractivity contribution is 5.75. The van der Waals surface area contributed by atoms with Gasteiger partial charge in [0.05, 0.1) is 6.10 Å². The maximum Gasteiger partial charge on any atom is 0.221 e. The van der Waals surface area contributed by atoms with Crippen LogP contribution in [0.4, 0.5) is 0 Å². The number of hydrogen-bond acceptors (Lipinski definition) is 4. The molecule has 2 unspecified atom stereocenters. The number of hydrogen-bond donors (Lipinski definition) is 3. The summed E-state index contributed by atoms with van der Waals surface area (Å²) in [7, 11) is 1.61. The van der Waals surface area contributed by atoms with Gasteiger partial charge in [-0.15, -0.1) is 0 Å². The van der Waals surface area contributed by atoms with Crippen molar-refractivity contribution in [1.82, 2.24) is 10.6 Å². The topological polar surface area (TPSA) is 70.6 Å². The van der Waals surface area contributed by atoms with Crippen LogP contribution in [0, 0.1) is 0 Å². The van der Waals surface area contributed by atoms with Crippen LogP contribution >= 0.6 is 0 Å². The fourth-order valence-corrected chi connectivity index (χ4v) is 1.63. The third kappa shape index (κ3) is 3.44. The monoisotopic (exact) mass is 216 g/mol. The van der Waals surface area contributed by atoms with Gasteiger partial charge in [0, 0.05) is 39.6 Å². The van der Waals surface area contributed by atoms with Crippen LogP contribution in [0.5, 0.6) is 0 Å². The summed E-state index contributed by atoms with van der Waals surface area (Å²) in [6.45, 7) is 3.53. The van der Waals surface area contributed by atoms with Gasteiger partial charge in [-0.3, -0.25) is 4.79 Å². The lowest BCUT2D eigenvalue weighted by Crippen LogP contribution is -2.46. The molecule has 0 saturated carbocycles. The van der Waals surface area contributed by atoms with Crippen molar-refractivity contribution in [2.45, 2.75) is 31.5 Å². The highest BCUT2D eigenvalue weighted by atomic mass is 16.5. The Morgan fingerprint density at radius 2 is 2.40 bits per heavy atom. The smallest absolute Gasteiger partial charge is 0.221 e.